The van der Waals surface area contributed by atoms with Crippen LogP contribution in [-0.4, -0.2) is 44.0 Å². The lowest BCUT2D eigenvalue weighted by Crippen LogP contribution is -2.38. The van der Waals surface area contributed by atoms with E-state index in [2.05, 4.69) is 6.92 Å². The third-order valence-electron chi connectivity index (χ3n) is 5.57. The minimum Gasteiger partial charge on any atom is -0.337 e. The van der Waals surface area contributed by atoms with Gasteiger partial charge in [-0.05, 0) is 6.42 Å². The van der Waals surface area contributed by atoms with Crippen molar-refractivity contribution in [2.45, 2.75) is 103 Å². The van der Waals surface area contributed by atoms with Gasteiger partial charge in [0.25, 0.3) is 0 Å². The lowest BCUT2D eigenvalue weighted by atomic mass is 10.0. The van der Waals surface area contributed by atoms with Crippen LogP contribution in [0.5, 0.6) is 0 Å². The number of rotatable bonds is 19. The lowest BCUT2D eigenvalue weighted by molar-refractivity contribution is -0.0399. The minimum atomic E-state index is -3.50. The van der Waals surface area contributed by atoms with E-state index in [1.54, 1.807) is 0 Å². The number of phosphoric acid groups is 1. The van der Waals surface area contributed by atoms with Crippen LogP contribution < -0.4 is 0 Å². The molecule has 0 aromatic heterocycles. The predicted molar refractivity (Wildman–Crippen MR) is 120 cm³/mol. The summed E-state index contributed by atoms with van der Waals surface area (Å²) in [6, 6.07) is 0. The van der Waals surface area contributed by atoms with E-state index in [0.717, 1.165) is 13.0 Å². The number of hydrogen-bond donors (Lipinski definition) is 0. The molecule has 0 aromatic rings. The summed E-state index contributed by atoms with van der Waals surface area (Å²) < 4.78 is 27.6. The van der Waals surface area contributed by atoms with Gasteiger partial charge in [-0.1, -0.05) is 90.4 Å². The van der Waals surface area contributed by atoms with Gasteiger partial charge in [0.15, 0.2) is 0 Å². The Morgan fingerprint density at radius 2 is 1.21 bits per heavy atom. The van der Waals surface area contributed by atoms with Crippen LogP contribution in [0.25, 0.3) is 0 Å². The van der Waals surface area contributed by atoms with Crippen LogP contribution in [0.2, 0.25) is 0 Å². The zero-order valence-electron chi connectivity index (χ0n) is 19.3. The van der Waals surface area contributed by atoms with Crippen LogP contribution in [-0.2, 0) is 18.1 Å². The van der Waals surface area contributed by atoms with E-state index in [0.29, 0.717) is 0 Å². The van der Waals surface area contributed by atoms with E-state index in [-0.39, 0.29) is 0 Å². The lowest BCUT2D eigenvalue weighted by Gasteiger charge is -2.31. The van der Waals surface area contributed by atoms with Crippen molar-refractivity contribution in [1.29, 1.82) is 0 Å². The molecule has 1 atom stereocenters. The standard InChI is InChI=1S/C22H45N2O4P/c1-5-6-7-8-9-10-11-12-13-14-15-16-17-18-19-24-21-20-23(2)22(24)28-29(25,26-3)27-4/h20-22H,5-19H2,1-4H3. The Bertz CT molecular complexity index is 468. The van der Waals surface area contributed by atoms with Gasteiger partial charge < -0.3 is 9.80 Å². The third kappa shape index (κ3) is 11.4. The van der Waals surface area contributed by atoms with E-state index in [1.165, 1.54) is 97.7 Å². The summed E-state index contributed by atoms with van der Waals surface area (Å²) in [5.74, 6) is 0. The highest BCUT2D eigenvalue weighted by Gasteiger charge is 2.34. The monoisotopic (exact) mass is 432 g/mol. The van der Waals surface area contributed by atoms with Crippen LogP contribution in [0, 0.1) is 0 Å². The maximum Gasteiger partial charge on any atom is 0.477 e. The molecule has 7 heteroatoms. The molecular weight excluding hydrogens is 387 g/mol. The number of nitrogens with zero attached hydrogens (tertiary/aromatic N) is 2. The number of hydrogen-bond acceptors (Lipinski definition) is 6. The molecule has 0 radical (unpaired) electrons. The van der Waals surface area contributed by atoms with E-state index >= 15 is 0 Å². The second-order valence-corrected chi connectivity index (χ2v) is 9.88. The molecular formula is C22H45N2O4P. The molecule has 1 aliphatic heterocycles. The SMILES string of the molecule is CCCCCCCCCCCCCCCCN1C=CN(C)C1OP(=O)(OC)OC. The van der Waals surface area contributed by atoms with Gasteiger partial charge >= 0.3 is 7.82 Å². The molecule has 0 saturated heterocycles. The van der Waals surface area contributed by atoms with Crippen molar-refractivity contribution in [2.24, 2.45) is 0 Å². The zero-order valence-corrected chi connectivity index (χ0v) is 20.2. The predicted octanol–water partition coefficient (Wildman–Crippen LogP) is 6.89. The molecule has 0 saturated carbocycles. The Labute approximate surface area is 179 Å². The van der Waals surface area contributed by atoms with E-state index in [4.69, 9.17) is 13.6 Å². The van der Waals surface area contributed by atoms with Gasteiger partial charge in [-0.3, -0.25) is 9.05 Å². The highest BCUT2D eigenvalue weighted by molar-refractivity contribution is 7.48. The topological polar surface area (TPSA) is 51.2 Å². The Morgan fingerprint density at radius 3 is 1.66 bits per heavy atom. The van der Waals surface area contributed by atoms with Crippen LogP contribution in [0.15, 0.2) is 12.4 Å². The molecule has 0 N–H and O–H groups in total. The molecule has 1 heterocycles. The molecule has 0 fully saturated rings. The Hall–Kier alpha value is -0.550. The van der Waals surface area contributed by atoms with Crippen LogP contribution >= 0.6 is 7.82 Å². The first-order chi connectivity index (χ1) is 14.1. The van der Waals surface area contributed by atoms with E-state index < -0.39 is 14.2 Å². The second kappa shape index (κ2) is 16.2. The summed E-state index contributed by atoms with van der Waals surface area (Å²) >= 11 is 0. The molecule has 29 heavy (non-hydrogen) atoms. The van der Waals surface area contributed by atoms with Gasteiger partial charge in [0.1, 0.15) is 0 Å². The van der Waals surface area contributed by atoms with Crippen molar-refractivity contribution >= 4 is 7.82 Å². The third-order valence-corrected chi connectivity index (χ3v) is 6.91. The summed E-state index contributed by atoms with van der Waals surface area (Å²) in [7, 11) is 1.07. The normalized spacial score (nSPS) is 16.9. The van der Waals surface area contributed by atoms with Gasteiger partial charge in [-0.2, -0.15) is 0 Å². The molecule has 172 valence electrons. The fraction of sp³-hybridized carbons (Fsp3) is 0.909. The fourth-order valence-corrected chi connectivity index (χ4v) is 4.48. The van der Waals surface area contributed by atoms with Gasteiger partial charge in [0.05, 0.1) is 0 Å². The van der Waals surface area contributed by atoms with Crippen molar-refractivity contribution in [1.82, 2.24) is 9.80 Å². The first-order valence-corrected chi connectivity index (χ1v) is 13.1. The van der Waals surface area contributed by atoms with Gasteiger partial charge in [0.2, 0.25) is 6.35 Å². The average molecular weight is 433 g/mol. The Kier molecular flexibility index (Phi) is 14.8. The van der Waals surface area contributed by atoms with Gasteiger partial charge in [-0.15, -0.1) is 0 Å². The summed E-state index contributed by atoms with van der Waals surface area (Å²) in [6.45, 7) is 3.15. The molecule has 0 aromatic carbocycles. The molecule has 0 amide bonds. The van der Waals surface area contributed by atoms with Crippen molar-refractivity contribution in [3.05, 3.63) is 12.4 Å². The summed E-state index contributed by atoms with van der Waals surface area (Å²) in [5.41, 5.74) is 0. The number of phosphoric ester groups is 1. The summed E-state index contributed by atoms with van der Waals surface area (Å²) in [5, 5.41) is 0. The zero-order chi connectivity index (χ0) is 21.4. The maximum absolute atomic E-state index is 12.3. The number of unbranched alkanes of at least 4 members (excludes halogenated alkanes) is 13. The molecule has 0 spiro atoms. The fourth-order valence-electron chi connectivity index (χ4n) is 3.66. The van der Waals surface area contributed by atoms with Crippen molar-refractivity contribution in [3.63, 3.8) is 0 Å². The van der Waals surface area contributed by atoms with Gasteiger partial charge in [-0.25, -0.2) is 9.09 Å². The Balaban J connectivity index is 2.01. The largest absolute Gasteiger partial charge is 0.477 e. The molecule has 0 aliphatic carbocycles. The van der Waals surface area contributed by atoms with Gasteiger partial charge in [0, 0.05) is 40.2 Å². The summed E-state index contributed by atoms with van der Waals surface area (Å²) in [6.07, 6.45) is 22.4. The highest BCUT2D eigenvalue weighted by atomic mass is 31.2. The molecule has 1 unspecified atom stereocenters. The van der Waals surface area contributed by atoms with Crippen molar-refractivity contribution in [2.75, 3.05) is 27.8 Å². The first kappa shape index (κ1) is 26.5. The molecule has 1 rings (SSSR count). The maximum atomic E-state index is 12.3. The molecule has 1 aliphatic rings. The van der Waals surface area contributed by atoms with Crippen molar-refractivity contribution < 1.29 is 18.1 Å². The highest BCUT2D eigenvalue weighted by Crippen LogP contribution is 2.50. The van der Waals surface area contributed by atoms with E-state index in [9.17, 15) is 4.57 Å². The average Bonchev–Trinajstić information content (AvgIpc) is 3.07. The molecule has 6 nitrogen and oxygen atoms in total. The van der Waals surface area contributed by atoms with E-state index in [1.807, 2.05) is 29.2 Å². The minimum absolute atomic E-state index is 0.442. The molecule has 0 bridgehead atoms. The van der Waals surface area contributed by atoms with Crippen LogP contribution in [0.3, 0.4) is 0 Å². The smallest absolute Gasteiger partial charge is 0.337 e. The van der Waals surface area contributed by atoms with Crippen molar-refractivity contribution in [3.8, 4) is 0 Å². The van der Waals surface area contributed by atoms with Crippen LogP contribution in [0.1, 0.15) is 96.8 Å². The summed E-state index contributed by atoms with van der Waals surface area (Å²) in [4.78, 5) is 3.92. The first-order valence-electron chi connectivity index (χ1n) is 11.6. The van der Waals surface area contributed by atoms with Crippen LogP contribution in [0.4, 0.5) is 0 Å². The Morgan fingerprint density at radius 1 is 0.759 bits per heavy atom. The quantitative estimate of drug-likeness (QED) is 0.164. The second-order valence-electron chi connectivity index (χ2n) is 8.04.